The molecule has 0 saturated carbocycles. The molecule has 0 saturated heterocycles. The van der Waals surface area contributed by atoms with Crippen molar-refractivity contribution in [3.8, 4) is 11.5 Å². The number of hydrogen-bond acceptors (Lipinski definition) is 3. The van der Waals surface area contributed by atoms with Crippen LogP contribution in [-0.4, -0.2) is 20.1 Å². The molecule has 0 radical (unpaired) electrons. The van der Waals surface area contributed by atoms with Crippen LogP contribution in [0.25, 0.3) is 0 Å². The molecule has 1 aromatic carbocycles. The Balaban J connectivity index is 2.81. The van der Waals surface area contributed by atoms with Crippen LogP contribution in [-0.2, 0) is 6.54 Å². The molecule has 2 N–H and O–H groups in total. The van der Waals surface area contributed by atoms with Gasteiger partial charge in [-0.1, -0.05) is 6.07 Å². The monoisotopic (exact) mass is 217 g/mol. The summed E-state index contributed by atoms with van der Waals surface area (Å²) >= 11 is 0. The highest BCUT2D eigenvalue weighted by Gasteiger charge is 2.08. The average Bonchev–Trinajstić information content (AvgIpc) is 2.25. The third kappa shape index (κ3) is 3.36. The lowest BCUT2D eigenvalue weighted by Gasteiger charge is -2.11. The fourth-order valence-corrected chi connectivity index (χ4v) is 1.11. The van der Waals surface area contributed by atoms with Gasteiger partial charge >= 0.3 is 0 Å². The van der Waals surface area contributed by atoms with Crippen molar-refractivity contribution in [2.75, 3.05) is 13.7 Å². The summed E-state index contributed by atoms with van der Waals surface area (Å²) in [7, 11) is 1.45. The van der Waals surface area contributed by atoms with Crippen LogP contribution in [0.1, 0.15) is 5.56 Å². The Kier molecular flexibility index (Phi) is 4.30. The largest absolute Gasteiger partial charge is 0.493 e. The molecule has 0 bridgehead atoms. The molecule has 0 unspecified atom stereocenters. The summed E-state index contributed by atoms with van der Waals surface area (Å²) in [6.07, 6.45) is -2.50. The maximum Gasteiger partial charge on any atom is 0.272 e. The lowest BCUT2D eigenvalue weighted by molar-refractivity contribution is 0.0804. The molecule has 0 fully saturated rings. The fraction of sp³-hybridized carbons (Fsp3) is 0.400. The van der Waals surface area contributed by atoms with Gasteiger partial charge in [0.2, 0.25) is 0 Å². The second-order valence-electron chi connectivity index (χ2n) is 2.89. The lowest BCUT2D eigenvalue weighted by Crippen LogP contribution is -2.08. The minimum atomic E-state index is -2.50. The predicted molar refractivity (Wildman–Crippen MR) is 52.4 cm³/mol. The van der Waals surface area contributed by atoms with Crippen molar-refractivity contribution in [1.82, 2.24) is 0 Å². The summed E-state index contributed by atoms with van der Waals surface area (Å²) in [6, 6.07) is 5.00. The van der Waals surface area contributed by atoms with Crippen LogP contribution in [0.2, 0.25) is 0 Å². The van der Waals surface area contributed by atoms with Crippen molar-refractivity contribution >= 4 is 0 Å². The van der Waals surface area contributed by atoms with E-state index in [-0.39, 0.29) is 0 Å². The number of rotatable bonds is 5. The van der Waals surface area contributed by atoms with Crippen molar-refractivity contribution < 1.29 is 18.3 Å². The fourth-order valence-electron chi connectivity index (χ4n) is 1.11. The molecule has 15 heavy (non-hydrogen) atoms. The number of hydrogen-bond donors (Lipinski definition) is 1. The molecular formula is C10H13F2NO2. The van der Waals surface area contributed by atoms with Gasteiger partial charge in [0, 0.05) is 6.54 Å². The molecule has 3 nitrogen and oxygen atoms in total. The van der Waals surface area contributed by atoms with Gasteiger partial charge in [-0.15, -0.1) is 0 Å². The van der Waals surface area contributed by atoms with Crippen LogP contribution in [0.15, 0.2) is 18.2 Å². The van der Waals surface area contributed by atoms with Gasteiger partial charge in [0.1, 0.15) is 6.61 Å². The first kappa shape index (κ1) is 11.7. The van der Waals surface area contributed by atoms with Crippen LogP contribution in [0.4, 0.5) is 8.78 Å². The van der Waals surface area contributed by atoms with E-state index in [9.17, 15) is 8.78 Å². The number of ether oxygens (including phenoxy) is 2. The first-order valence-electron chi connectivity index (χ1n) is 4.45. The average molecular weight is 217 g/mol. The van der Waals surface area contributed by atoms with E-state index in [0.29, 0.717) is 18.0 Å². The van der Waals surface area contributed by atoms with Crippen molar-refractivity contribution in [2.24, 2.45) is 5.73 Å². The zero-order valence-electron chi connectivity index (χ0n) is 8.37. The van der Waals surface area contributed by atoms with Crippen molar-refractivity contribution in [3.05, 3.63) is 23.8 Å². The number of halogens is 2. The number of methoxy groups -OCH3 is 1. The Morgan fingerprint density at radius 2 is 2.07 bits per heavy atom. The van der Waals surface area contributed by atoms with E-state index in [4.69, 9.17) is 15.2 Å². The number of nitrogens with two attached hydrogens (primary N) is 1. The molecular weight excluding hydrogens is 204 g/mol. The number of alkyl halides is 2. The molecule has 5 heteroatoms. The molecule has 0 aromatic heterocycles. The standard InChI is InChI=1S/C10H13F2NO2/c1-14-8-3-2-7(5-13)4-9(8)15-6-10(11)12/h2-4,10H,5-6,13H2,1H3. The molecule has 0 atom stereocenters. The first-order chi connectivity index (χ1) is 7.17. The first-order valence-corrected chi connectivity index (χ1v) is 4.45. The van der Waals surface area contributed by atoms with Crippen molar-refractivity contribution in [3.63, 3.8) is 0 Å². The van der Waals surface area contributed by atoms with E-state index >= 15 is 0 Å². The Morgan fingerprint density at radius 3 is 2.60 bits per heavy atom. The zero-order chi connectivity index (χ0) is 11.3. The zero-order valence-corrected chi connectivity index (χ0v) is 8.37. The van der Waals surface area contributed by atoms with Gasteiger partial charge in [-0.05, 0) is 17.7 Å². The van der Waals surface area contributed by atoms with Gasteiger partial charge in [0.25, 0.3) is 6.43 Å². The maximum atomic E-state index is 11.9. The van der Waals surface area contributed by atoms with Crippen LogP contribution >= 0.6 is 0 Å². The van der Waals surface area contributed by atoms with Gasteiger partial charge in [0.15, 0.2) is 11.5 Å². The minimum absolute atomic E-state index is 0.292. The topological polar surface area (TPSA) is 44.5 Å². The molecule has 84 valence electrons. The van der Waals surface area contributed by atoms with E-state index in [1.807, 2.05) is 0 Å². The SMILES string of the molecule is COc1ccc(CN)cc1OCC(F)F. The molecule has 0 aliphatic carbocycles. The number of benzene rings is 1. The van der Waals surface area contributed by atoms with Crippen molar-refractivity contribution in [1.29, 1.82) is 0 Å². The summed E-state index contributed by atoms with van der Waals surface area (Å²) < 4.78 is 33.8. The Labute approximate surface area is 86.8 Å². The van der Waals surface area contributed by atoms with Crippen molar-refractivity contribution in [2.45, 2.75) is 13.0 Å². The summed E-state index contributed by atoms with van der Waals surface area (Å²) in [5.41, 5.74) is 6.23. The second-order valence-corrected chi connectivity index (χ2v) is 2.89. The van der Waals surface area contributed by atoms with E-state index in [0.717, 1.165) is 5.56 Å². The van der Waals surface area contributed by atoms with E-state index in [2.05, 4.69) is 0 Å². The normalized spacial score (nSPS) is 10.5. The van der Waals surface area contributed by atoms with Gasteiger partial charge in [-0.3, -0.25) is 0 Å². The summed E-state index contributed by atoms with van der Waals surface area (Å²) in [5, 5.41) is 0. The maximum absolute atomic E-state index is 11.9. The predicted octanol–water partition coefficient (Wildman–Crippen LogP) is 1.80. The lowest BCUT2D eigenvalue weighted by atomic mass is 10.2. The Bertz CT molecular complexity index is 318. The molecule has 1 rings (SSSR count). The molecule has 0 aliphatic heterocycles. The highest BCUT2D eigenvalue weighted by atomic mass is 19.3. The summed E-state index contributed by atoms with van der Waals surface area (Å²) in [6.45, 7) is -0.320. The van der Waals surface area contributed by atoms with Crippen LogP contribution in [0.5, 0.6) is 11.5 Å². The van der Waals surface area contributed by atoms with Crippen LogP contribution in [0, 0.1) is 0 Å². The van der Waals surface area contributed by atoms with Gasteiger partial charge in [0.05, 0.1) is 7.11 Å². The quantitative estimate of drug-likeness (QED) is 0.817. The van der Waals surface area contributed by atoms with Crippen LogP contribution in [0.3, 0.4) is 0 Å². The molecule has 0 aliphatic rings. The second kappa shape index (κ2) is 5.50. The minimum Gasteiger partial charge on any atom is -0.493 e. The Morgan fingerprint density at radius 1 is 1.33 bits per heavy atom. The van der Waals surface area contributed by atoms with E-state index in [1.54, 1.807) is 18.2 Å². The van der Waals surface area contributed by atoms with E-state index < -0.39 is 13.0 Å². The van der Waals surface area contributed by atoms with E-state index in [1.165, 1.54) is 7.11 Å². The summed E-state index contributed by atoms with van der Waals surface area (Å²) in [4.78, 5) is 0. The third-order valence-corrected chi connectivity index (χ3v) is 1.83. The van der Waals surface area contributed by atoms with Gasteiger partial charge in [-0.25, -0.2) is 8.78 Å². The molecule has 1 aromatic rings. The molecule has 0 spiro atoms. The van der Waals surface area contributed by atoms with Gasteiger partial charge < -0.3 is 15.2 Å². The Hall–Kier alpha value is -1.36. The summed E-state index contributed by atoms with van der Waals surface area (Å²) in [5.74, 6) is 0.716. The highest BCUT2D eigenvalue weighted by Crippen LogP contribution is 2.28. The molecule has 0 heterocycles. The smallest absolute Gasteiger partial charge is 0.272 e. The van der Waals surface area contributed by atoms with Crippen LogP contribution < -0.4 is 15.2 Å². The third-order valence-electron chi connectivity index (χ3n) is 1.83. The molecule has 0 amide bonds. The van der Waals surface area contributed by atoms with Gasteiger partial charge in [-0.2, -0.15) is 0 Å². The highest BCUT2D eigenvalue weighted by molar-refractivity contribution is 5.42.